The third kappa shape index (κ3) is 12.7. The summed E-state index contributed by atoms with van der Waals surface area (Å²) in [6.07, 6.45) is 13.4. The zero-order valence-electron chi connectivity index (χ0n) is 12.2. The van der Waals surface area contributed by atoms with E-state index in [1.165, 1.54) is 51.4 Å². The van der Waals surface area contributed by atoms with E-state index in [2.05, 4.69) is 22.9 Å². The molecule has 19 heavy (non-hydrogen) atoms. The van der Waals surface area contributed by atoms with Crippen LogP contribution in [0.1, 0.15) is 77.6 Å². The summed E-state index contributed by atoms with van der Waals surface area (Å²) in [4.78, 5) is 10.9. The number of aliphatic carboxylic acids is 1. The number of rotatable bonds is 13. The highest BCUT2D eigenvalue weighted by molar-refractivity contribution is 9.09. The van der Waals surface area contributed by atoms with Gasteiger partial charge in [-0.05, 0) is 12.8 Å². The molecule has 0 heterocycles. The van der Waals surface area contributed by atoms with Crippen molar-refractivity contribution in [2.75, 3.05) is 0 Å². The summed E-state index contributed by atoms with van der Waals surface area (Å²) < 4.78 is 0. The number of hydrogen-bond acceptors (Lipinski definition) is 2. The van der Waals surface area contributed by atoms with E-state index >= 15 is 0 Å². The normalized spacial score (nSPS) is 14.3. The van der Waals surface area contributed by atoms with Gasteiger partial charge < -0.3 is 10.8 Å². The molecule has 2 atom stereocenters. The van der Waals surface area contributed by atoms with Crippen LogP contribution in [0.15, 0.2) is 0 Å². The van der Waals surface area contributed by atoms with Crippen LogP contribution < -0.4 is 5.73 Å². The maximum absolute atomic E-state index is 10.6. The third-order valence-electron chi connectivity index (χ3n) is 3.45. The lowest BCUT2D eigenvalue weighted by molar-refractivity contribution is -0.138. The Morgan fingerprint density at radius 3 is 2.00 bits per heavy atom. The molecule has 0 radical (unpaired) electrons. The molecule has 0 aromatic rings. The van der Waals surface area contributed by atoms with Crippen molar-refractivity contribution in [3.05, 3.63) is 0 Å². The van der Waals surface area contributed by atoms with Crippen molar-refractivity contribution in [2.45, 2.75) is 88.4 Å². The van der Waals surface area contributed by atoms with E-state index in [-0.39, 0.29) is 4.83 Å². The lowest BCUT2D eigenvalue weighted by Gasteiger charge is -2.12. The highest BCUT2D eigenvalue weighted by Gasteiger charge is 2.16. The van der Waals surface area contributed by atoms with Gasteiger partial charge in [-0.15, -0.1) is 0 Å². The predicted octanol–water partition coefficient (Wildman–Crippen LogP) is 4.47. The molecule has 0 amide bonds. The second-order valence-electron chi connectivity index (χ2n) is 5.39. The Kier molecular flexibility index (Phi) is 12.9. The number of halogens is 1. The molecule has 114 valence electrons. The summed E-state index contributed by atoms with van der Waals surface area (Å²) in [5.41, 5.74) is 5.50. The summed E-state index contributed by atoms with van der Waals surface area (Å²) in [6, 6.07) is -0.733. The molecule has 3 N–H and O–H groups in total. The molecule has 0 aliphatic carbocycles. The van der Waals surface area contributed by atoms with Crippen molar-refractivity contribution in [3.8, 4) is 0 Å². The third-order valence-corrected chi connectivity index (χ3v) is 4.28. The summed E-state index contributed by atoms with van der Waals surface area (Å²) in [7, 11) is 0. The Morgan fingerprint density at radius 1 is 1.05 bits per heavy atom. The minimum absolute atomic E-state index is 0.239. The molecule has 4 heteroatoms. The maximum atomic E-state index is 10.6. The van der Waals surface area contributed by atoms with Crippen molar-refractivity contribution >= 4 is 21.9 Å². The number of carbonyl (C=O) groups is 1. The molecule has 0 aliphatic rings. The van der Waals surface area contributed by atoms with Gasteiger partial charge in [-0.3, -0.25) is 4.79 Å². The van der Waals surface area contributed by atoms with Crippen LogP contribution in [-0.4, -0.2) is 21.9 Å². The first-order chi connectivity index (χ1) is 9.07. The number of nitrogens with two attached hydrogens (primary N) is 1. The van der Waals surface area contributed by atoms with E-state index < -0.39 is 12.0 Å². The Labute approximate surface area is 126 Å². The first-order valence-electron chi connectivity index (χ1n) is 7.70. The predicted molar refractivity (Wildman–Crippen MR) is 84.8 cm³/mol. The van der Waals surface area contributed by atoms with Crippen molar-refractivity contribution in [1.82, 2.24) is 0 Å². The molecule has 0 aromatic carbocycles. The Morgan fingerprint density at radius 2 is 1.53 bits per heavy atom. The number of hydrogen-bond donors (Lipinski definition) is 2. The fraction of sp³-hybridized carbons (Fsp3) is 0.933. The van der Waals surface area contributed by atoms with Crippen LogP contribution in [0.25, 0.3) is 0 Å². The molecular formula is C15H30BrNO2. The fourth-order valence-electron chi connectivity index (χ4n) is 2.17. The summed E-state index contributed by atoms with van der Waals surface area (Å²) >= 11 is 3.51. The average Bonchev–Trinajstić information content (AvgIpc) is 2.36. The summed E-state index contributed by atoms with van der Waals surface area (Å²) in [5, 5.41) is 8.72. The smallest absolute Gasteiger partial charge is 0.320 e. The van der Waals surface area contributed by atoms with Gasteiger partial charge in [0, 0.05) is 4.83 Å². The monoisotopic (exact) mass is 335 g/mol. The van der Waals surface area contributed by atoms with E-state index in [1.807, 2.05) is 0 Å². The molecule has 0 saturated heterocycles. The number of alkyl halides is 1. The molecule has 0 aliphatic heterocycles. The zero-order chi connectivity index (χ0) is 14.5. The molecule has 0 fully saturated rings. The minimum Gasteiger partial charge on any atom is -0.480 e. The van der Waals surface area contributed by atoms with Crippen molar-refractivity contribution < 1.29 is 9.90 Å². The lowest BCUT2D eigenvalue weighted by Crippen LogP contribution is -2.32. The lowest BCUT2D eigenvalue weighted by atomic mass is 10.0. The Bertz CT molecular complexity index is 224. The SMILES string of the molecule is CCCCCCCCCCCC(Br)CC(N)C(=O)O. The maximum Gasteiger partial charge on any atom is 0.320 e. The topological polar surface area (TPSA) is 63.3 Å². The highest BCUT2D eigenvalue weighted by atomic mass is 79.9. The molecule has 2 unspecified atom stereocenters. The molecule has 0 aromatic heterocycles. The van der Waals surface area contributed by atoms with Gasteiger partial charge in [0.2, 0.25) is 0 Å². The van der Waals surface area contributed by atoms with Gasteiger partial charge in [0.15, 0.2) is 0 Å². The molecular weight excluding hydrogens is 306 g/mol. The van der Waals surface area contributed by atoms with Gasteiger partial charge in [-0.1, -0.05) is 80.6 Å². The Balaban J connectivity index is 3.27. The van der Waals surface area contributed by atoms with Gasteiger partial charge in [-0.2, -0.15) is 0 Å². The van der Waals surface area contributed by atoms with Crippen LogP contribution in [0.5, 0.6) is 0 Å². The number of unbranched alkanes of at least 4 members (excludes halogenated alkanes) is 8. The van der Waals surface area contributed by atoms with Crippen LogP contribution in [0.3, 0.4) is 0 Å². The van der Waals surface area contributed by atoms with E-state index in [0.717, 1.165) is 12.8 Å². The average molecular weight is 336 g/mol. The largest absolute Gasteiger partial charge is 0.480 e. The van der Waals surface area contributed by atoms with Crippen LogP contribution in [0.2, 0.25) is 0 Å². The van der Waals surface area contributed by atoms with E-state index in [4.69, 9.17) is 10.8 Å². The quantitative estimate of drug-likeness (QED) is 0.385. The van der Waals surface area contributed by atoms with Crippen molar-refractivity contribution in [1.29, 1.82) is 0 Å². The van der Waals surface area contributed by atoms with Gasteiger partial charge in [0.05, 0.1) is 0 Å². The van der Waals surface area contributed by atoms with Crippen LogP contribution in [0, 0.1) is 0 Å². The van der Waals surface area contributed by atoms with Gasteiger partial charge in [0.25, 0.3) is 0 Å². The second-order valence-corrected chi connectivity index (χ2v) is 6.69. The van der Waals surface area contributed by atoms with Gasteiger partial charge >= 0.3 is 5.97 Å². The fourth-order valence-corrected chi connectivity index (χ4v) is 2.90. The number of carboxylic acids is 1. The zero-order valence-corrected chi connectivity index (χ0v) is 13.8. The minimum atomic E-state index is -0.906. The first kappa shape index (κ1) is 18.9. The second kappa shape index (κ2) is 12.9. The number of carboxylic acid groups (broad SMARTS) is 1. The molecule has 0 rings (SSSR count). The van der Waals surface area contributed by atoms with E-state index in [0.29, 0.717) is 6.42 Å². The summed E-state index contributed by atoms with van der Waals surface area (Å²) in [5.74, 6) is -0.906. The summed E-state index contributed by atoms with van der Waals surface area (Å²) in [6.45, 7) is 2.24. The van der Waals surface area contributed by atoms with E-state index in [1.54, 1.807) is 0 Å². The molecule has 3 nitrogen and oxygen atoms in total. The van der Waals surface area contributed by atoms with Crippen LogP contribution in [-0.2, 0) is 4.79 Å². The standard InChI is InChI=1S/C15H30BrNO2/c1-2-3-4-5-6-7-8-9-10-11-13(16)12-14(17)15(18)19/h13-14H,2-12,17H2,1H3,(H,18,19). The van der Waals surface area contributed by atoms with Crippen molar-refractivity contribution in [3.63, 3.8) is 0 Å². The van der Waals surface area contributed by atoms with Gasteiger partial charge in [-0.25, -0.2) is 0 Å². The molecule has 0 saturated carbocycles. The Hall–Kier alpha value is -0.0900. The van der Waals surface area contributed by atoms with E-state index in [9.17, 15) is 4.79 Å². The first-order valence-corrected chi connectivity index (χ1v) is 8.62. The van der Waals surface area contributed by atoms with Crippen LogP contribution in [0.4, 0.5) is 0 Å². The van der Waals surface area contributed by atoms with Gasteiger partial charge in [0.1, 0.15) is 6.04 Å². The highest BCUT2D eigenvalue weighted by Crippen LogP contribution is 2.17. The van der Waals surface area contributed by atoms with Crippen LogP contribution >= 0.6 is 15.9 Å². The molecule has 0 bridgehead atoms. The molecule has 0 spiro atoms. The van der Waals surface area contributed by atoms with Crippen molar-refractivity contribution in [2.24, 2.45) is 5.73 Å².